The van der Waals surface area contributed by atoms with E-state index in [-0.39, 0.29) is 0 Å². The summed E-state index contributed by atoms with van der Waals surface area (Å²) in [5, 5.41) is 0. The van der Waals surface area contributed by atoms with E-state index >= 15 is 0 Å². The highest BCUT2D eigenvalue weighted by molar-refractivity contribution is 6.27. The first-order valence-corrected chi connectivity index (χ1v) is 4.61. The molecule has 0 N–H and O–H groups in total. The van der Waals surface area contributed by atoms with E-state index in [9.17, 15) is 4.79 Å². The molecule has 1 aromatic carbocycles. The zero-order valence-electron chi connectivity index (χ0n) is 9.08. The first-order valence-electron chi connectivity index (χ1n) is 4.61. The second-order valence-corrected chi connectivity index (χ2v) is 3.04. The molecule has 0 aliphatic rings. The van der Waals surface area contributed by atoms with Crippen LogP contribution in [0.25, 0.3) is 5.53 Å². The number of benzene rings is 1. The number of rotatable bonds is 5. The molecule has 84 valence electrons. The summed E-state index contributed by atoms with van der Waals surface area (Å²) in [5.74, 6) is 0.201. The number of carbonyl (C=O) groups excluding carboxylic acids is 1. The normalized spacial score (nSPS) is 11.4. The molecule has 5 nitrogen and oxygen atoms in total. The molecular weight excluding hydrogens is 208 g/mol. The third kappa shape index (κ3) is 2.76. The van der Waals surface area contributed by atoms with Crippen LogP contribution in [0.1, 0.15) is 11.7 Å². The number of ether oxygens (including phenoxy) is 2. The van der Waals surface area contributed by atoms with Gasteiger partial charge in [-0.2, -0.15) is 4.79 Å². The Hall–Kier alpha value is -1.97. The van der Waals surface area contributed by atoms with Crippen LogP contribution in [0, 0.1) is 0 Å². The fourth-order valence-corrected chi connectivity index (χ4v) is 1.35. The van der Waals surface area contributed by atoms with E-state index < -0.39 is 11.9 Å². The Morgan fingerprint density at radius 1 is 1.50 bits per heavy atom. The first kappa shape index (κ1) is 12.1. The molecule has 0 saturated carbocycles. The summed E-state index contributed by atoms with van der Waals surface area (Å²) in [4.78, 5) is 14.2. The molecule has 0 aliphatic carbocycles. The molecule has 5 heteroatoms. The van der Waals surface area contributed by atoms with E-state index in [1.807, 2.05) is 0 Å². The van der Waals surface area contributed by atoms with Gasteiger partial charge < -0.3 is 15.0 Å². The van der Waals surface area contributed by atoms with Gasteiger partial charge in [-0.05, 0) is 17.7 Å². The minimum Gasteiger partial charge on any atom is -0.497 e. The van der Waals surface area contributed by atoms with Gasteiger partial charge in [-0.15, -0.1) is 0 Å². The van der Waals surface area contributed by atoms with Crippen LogP contribution in [-0.2, 0) is 9.53 Å². The second-order valence-electron chi connectivity index (χ2n) is 3.04. The van der Waals surface area contributed by atoms with Crippen molar-refractivity contribution in [2.24, 2.45) is 0 Å². The molecule has 1 aromatic rings. The number of methoxy groups -OCH3 is 2. The highest BCUT2D eigenvalue weighted by Gasteiger charge is 2.21. The lowest BCUT2D eigenvalue weighted by Gasteiger charge is -2.11. The Morgan fingerprint density at radius 2 is 2.25 bits per heavy atom. The lowest BCUT2D eigenvalue weighted by Crippen LogP contribution is -2.16. The molecule has 0 aliphatic heterocycles. The largest absolute Gasteiger partial charge is 0.497 e. The molecule has 0 saturated heterocycles. The second kappa shape index (κ2) is 5.80. The Kier molecular flexibility index (Phi) is 4.39. The monoisotopic (exact) mass is 220 g/mol. The van der Waals surface area contributed by atoms with Crippen molar-refractivity contribution in [3.63, 3.8) is 0 Å². The van der Waals surface area contributed by atoms with Gasteiger partial charge in [-0.3, -0.25) is 4.79 Å². The van der Waals surface area contributed by atoms with Gasteiger partial charge in [0.2, 0.25) is 0 Å². The van der Waals surface area contributed by atoms with Crippen LogP contribution in [0.15, 0.2) is 24.3 Å². The highest BCUT2D eigenvalue weighted by Crippen LogP contribution is 2.21. The lowest BCUT2D eigenvalue weighted by atomic mass is 10.1. The minimum absolute atomic E-state index is 0.432. The predicted molar refractivity (Wildman–Crippen MR) is 57.4 cm³/mol. The van der Waals surface area contributed by atoms with E-state index in [1.54, 1.807) is 24.3 Å². The molecule has 0 bridgehead atoms. The number of carbonyl (C=O) groups is 1. The maximum absolute atomic E-state index is 11.5. The zero-order valence-corrected chi connectivity index (χ0v) is 9.08. The number of ketones is 1. The molecule has 1 rings (SSSR count). The highest BCUT2D eigenvalue weighted by atomic mass is 16.5. The van der Waals surface area contributed by atoms with Crippen LogP contribution < -0.4 is 4.74 Å². The Labute approximate surface area is 93.2 Å². The van der Waals surface area contributed by atoms with Crippen molar-refractivity contribution < 1.29 is 19.1 Å². The van der Waals surface area contributed by atoms with Gasteiger partial charge in [-0.1, -0.05) is 12.1 Å². The number of hydrogen-bond donors (Lipinski definition) is 0. The number of hydrogen-bond acceptors (Lipinski definition) is 3. The quantitative estimate of drug-likeness (QED) is 0.426. The molecule has 0 spiro atoms. The van der Waals surface area contributed by atoms with Crippen molar-refractivity contribution in [3.8, 4) is 5.75 Å². The summed E-state index contributed by atoms with van der Waals surface area (Å²) in [6, 6.07) is 6.95. The number of Topliss-reactive ketones (excluding diaryl/α,β-unsaturated/α-hetero) is 1. The summed E-state index contributed by atoms with van der Waals surface area (Å²) >= 11 is 0. The molecule has 0 fully saturated rings. The molecule has 0 aromatic heterocycles. The van der Waals surface area contributed by atoms with Gasteiger partial charge in [0.25, 0.3) is 5.78 Å². The van der Waals surface area contributed by atoms with Gasteiger partial charge in [0.05, 0.1) is 7.11 Å². The Bertz CT molecular complexity index is 425. The van der Waals surface area contributed by atoms with Crippen LogP contribution in [0.2, 0.25) is 0 Å². The molecular formula is C11H12N2O3. The van der Waals surface area contributed by atoms with Crippen LogP contribution in [0.3, 0.4) is 0 Å². The van der Waals surface area contributed by atoms with Crippen LogP contribution in [0.4, 0.5) is 0 Å². The summed E-state index contributed by atoms with van der Waals surface area (Å²) in [5.41, 5.74) is 8.94. The topological polar surface area (TPSA) is 71.9 Å². The first-order chi connectivity index (χ1) is 7.72. The maximum atomic E-state index is 11.5. The fraction of sp³-hybridized carbons (Fsp3) is 0.273. The van der Waals surface area contributed by atoms with E-state index in [0.717, 1.165) is 6.21 Å². The smallest absolute Gasteiger partial charge is 0.326 e. The minimum atomic E-state index is -0.786. The Morgan fingerprint density at radius 3 is 2.81 bits per heavy atom. The summed E-state index contributed by atoms with van der Waals surface area (Å²) in [7, 11) is 2.95. The average Bonchev–Trinajstić information content (AvgIpc) is 2.31. The van der Waals surface area contributed by atoms with Crippen molar-refractivity contribution in [3.05, 3.63) is 35.4 Å². The van der Waals surface area contributed by atoms with Gasteiger partial charge in [0.15, 0.2) is 6.10 Å². The van der Waals surface area contributed by atoms with Gasteiger partial charge in [0.1, 0.15) is 5.75 Å². The lowest BCUT2D eigenvalue weighted by molar-refractivity contribution is -0.125. The summed E-state index contributed by atoms with van der Waals surface area (Å²) in [6.45, 7) is 0. The van der Waals surface area contributed by atoms with Crippen molar-refractivity contribution >= 4 is 12.0 Å². The zero-order chi connectivity index (χ0) is 12.0. The fourth-order valence-electron chi connectivity index (χ4n) is 1.35. The molecule has 16 heavy (non-hydrogen) atoms. The van der Waals surface area contributed by atoms with Crippen molar-refractivity contribution in [1.82, 2.24) is 0 Å². The van der Waals surface area contributed by atoms with Crippen LogP contribution in [-0.4, -0.2) is 31.0 Å². The SMILES string of the molecule is COc1cccc([C@H](OC)C(=O)C=[N+]=[N-])c1. The third-order valence-corrected chi connectivity index (χ3v) is 2.08. The summed E-state index contributed by atoms with van der Waals surface area (Å²) < 4.78 is 10.1. The van der Waals surface area contributed by atoms with Gasteiger partial charge >= 0.3 is 6.21 Å². The number of nitrogens with zero attached hydrogens (tertiary/aromatic N) is 2. The van der Waals surface area contributed by atoms with Crippen LogP contribution in [0.5, 0.6) is 5.75 Å². The van der Waals surface area contributed by atoms with Gasteiger partial charge in [0, 0.05) is 7.11 Å². The van der Waals surface area contributed by atoms with E-state index in [2.05, 4.69) is 4.79 Å². The molecule has 0 radical (unpaired) electrons. The standard InChI is InChI=1S/C11H12N2O3/c1-15-9-5-3-4-8(6-9)11(16-2)10(14)7-13-12/h3-7,11H,1-2H3/t11-/m0/s1. The molecule has 1 atom stereocenters. The average molecular weight is 220 g/mol. The third-order valence-electron chi connectivity index (χ3n) is 2.08. The van der Waals surface area contributed by atoms with Crippen molar-refractivity contribution in [2.75, 3.05) is 14.2 Å². The van der Waals surface area contributed by atoms with Crippen molar-refractivity contribution in [1.29, 1.82) is 0 Å². The van der Waals surface area contributed by atoms with E-state index in [4.69, 9.17) is 15.0 Å². The molecule has 0 heterocycles. The predicted octanol–water partition coefficient (Wildman–Crippen LogP) is 1.25. The van der Waals surface area contributed by atoms with Gasteiger partial charge in [-0.25, -0.2) is 0 Å². The van der Waals surface area contributed by atoms with E-state index in [0.29, 0.717) is 11.3 Å². The Balaban J connectivity index is 3.03. The van der Waals surface area contributed by atoms with E-state index in [1.165, 1.54) is 14.2 Å². The molecule has 0 amide bonds. The maximum Gasteiger partial charge on any atom is 0.326 e. The van der Waals surface area contributed by atoms with Crippen molar-refractivity contribution in [2.45, 2.75) is 6.10 Å². The summed E-state index contributed by atoms with van der Waals surface area (Å²) in [6.07, 6.45) is 0.0270. The molecule has 0 unspecified atom stereocenters. The van der Waals surface area contributed by atoms with Crippen LogP contribution >= 0.6 is 0 Å².